The lowest BCUT2D eigenvalue weighted by Crippen LogP contribution is -2.63. The van der Waals surface area contributed by atoms with Gasteiger partial charge >= 0.3 is 0 Å². The van der Waals surface area contributed by atoms with Crippen molar-refractivity contribution in [3.8, 4) is 0 Å². The van der Waals surface area contributed by atoms with Gasteiger partial charge in [0, 0.05) is 38.4 Å². The van der Waals surface area contributed by atoms with E-state index in [2.05, 4.69) is 5.10 Å². The minimum absolute atomic E-state index is 0.0139. The highest BCUT2D eigenvalue weighted by molar-refractivity contribution is 7.89. The zero-order chi connectivity index (χ0) is 16.0. The van der Waals surface area contributed by atoms with Crippen molar-refractivity contribution in [1.82, 2.24) is 14.1 Å². The van der Waals surface area contributed by atoms with Crippen LogP contribution in [0.3, 0.4) is 0 Å². The van der Waals surface area contributed by atoms with Crippen LogP contribution < -0.4 is 0 Å². The Morgan fingerprint density at radius 2 is 2.14 bits per heavy atom. The lowest BCUT2D eigenvalue weighted by atomic mass is 9.60. The second kappa shape index (κ2) is 5.62. The summed E-state index contributed by atoms with van der Waals surface area (Å²) < 4.78 is 34.6. The standard InChI is InChI=1S/C15H25N3O3S/c1-4-21-14-9-13(15(14)7-5-6-8-15)18(3)22(19,20)12-10-16-17(2)11-12/h10-11,13-14H,4-9H2,1-3H3/t13-,14+/m1/s1. The highest BCUT2D eigenvalue weighted by Crippen LogP contribution is 2.57. The average Bonchev–Trinajstić information content (AvgIpc) is 3.12. The zero-order valence-electron chi connectivity index (χ0n) is 13.5. The number of nitrogens with zero attached hydrogens (tertiary/aromatic N) is 3. The first-order valence-electron chi connectivity index (χ1n) is 8.00. The molecule has 7 heteroatoms. The molecule has 3 rings (SSSR count). The third kappa shape index (κ3) is 2.30. The fourth-order valence-electron chi connectivity index (χ4n) is 4.23. The summed E-state index contributed by atoms with van der Waals surface area (Å²) in [5.41, 5.74) is 0.0139. The summed E-state index contributed by atoms with van der Waals surface area (Å²) in [7, 11) is -0.0539. The van der Waals surface area contributed by atoms with Crippen LogP contribution in [0.2, 0.25) is 0 Å². The van der Waals surface area contributed by atoms with E-state index in [1.807, 2.05) is 6.92 Å². The molecule has 22 heavy (non-hydrogen) atoms. The molecule has 2 saturated carbocycles. The molecule has 0 aromatic carbocycles. The number of ether oxygens (including phenoxy) is 1. The molecule has 0 bridgehead atoms. The Bertz CT molecular complexity index is 634. The molecule has 0 unspecified atom stereocenters. The molecular formula is C15H25N3O3S. The predicted octanol–water partition coefficient (Wildman–Crippen LogP) is 1.78. The van der Waals surface area contributed by atoms with Crippen LogP contribution in [0.15, 0.2) is 17.3 Å². The average molecular weight is 327 g/mol. The molecule has 2 aliphatic rings. The molecule has 2 fully saturated rings. The van der Waals surface area contributed by atoms with Gasteiger partial charge in [-0.25, -0.2) is 8.42 Å². The fourth-order valence-corrected chi connectivity index (χ4v) is 5.66. The summed E-state index contributed by atoms with van der Waals surface area (Å²) in [4.78, 5) is 0.269. The molecule has 1 spiro atoms. The largest absolute Gasteiger partial charge is 0.378 e. The van der Waals surface area contributed by atoms with Crippen molar-refractivity contribution in [3.63, 3.8) is 0 Å². The maximum Gasteiger partial charge on any atom is 0.246 e. The van der Waals surface area contributed by atoms with E-state index in [9.17, 15) is 8.42 Å². The van der Waals surface area contributed by atoms with Gasteiger partial charge in [-0.3, -0.25) is 4.68 Å². The summed E-state index contributed by atoms with van der Waals surface area (Å²) in [6.07, 6.45) is 8.45. The van der Waals surface area contributed by atoms with Crippen LogP contribution in [0.5, 0.6) is 0 Å². The van der Waals surface area contributed by atoms with Crippen LogP contribution in [0.4, 0.5) is 0 Å². The quantitative estimate of drug-likeness (QED) is 0.827. The van der Waals surface area contributed by atoms with E-state index in [4.69, 9.17) is 4.74 Å². The molecule has 1 aromatic heterocycles. The predicted molar refractivity (Wildman–Crippen MR) is 82.9 cm³/mol. The first-order chi connectivity index (χ1) is 10.4. The van der Waals surface area contributed by atoms with Gasteiger partial charge in [-0.2, -0.15) is 9.40 Å². The first-order valence-corrected chi connectivity index (χ1v) is 9.44. The van der Waals surface area contributed by atoms with Gasteiger partial charge in [-0.05, 0) is 26.2 Å². The number of sulfonamides is 1. The van der Waals surface area contributed by atoms with E-state index in [1.165, 1.54) is 23.7 Å². The van der Waals surface area contributed by atoms with E-state index >= 15 is 0 Å². The zero-order valence-corrected chi connectivity index (χ0v) is 14.3. The third-order valence-electron chi connectivity index (χ3n) is 5.44. The smallest absolute Gasteiger partial charge is 0.246 e. The highest BCUT2D eigenvalue weighted by Gasteiger charge is 2.59. The number of hydrogen-bond donors (Lipinski definition) is 0. The SMILES string of the molecule is CCO[C@H]1C[C@@H](N(C)S(=O)(=O)c2cnn(C)c2)C12CCCC2. The van der Waals surface area contributed by atoms with Gasteiger partial charge in [-0.15, -0.1) is 0 Å². The summed E-state index contributed by atoms with van der Waals surface area (Å²) in [6, 6.07) is 0.0387. The van der Waals surface area contributed by atoms with Gasteiger partial charge in [0.2, 0.25) is 10.0 Å². The lowest BCUT2D eigenvalue weighted by Gasteiger charge is -2.56. The topological polar surface area (TPSA) is 64.4 Å². The number of aromatic nitrogens is 2. The second-order valence-corrected chi connectivity index (χ2v) is 8.50. The molecule has 2 atom stereocenters. The van der Waals surface area contributed by atoms with Crippen LogP contribution in [-0.2, 0) is 21.8 Å². The molecule has 0 amide bonds. The molecule has 0 N–H and O–H groups in total. The van der Waals surface area contributed by atoms with Gasteiger partial charge < -0.3 is 4.74 Å². The highest BCUT2D eigenvalue weighted by atomic mass is 32.2. The monoisotopic (exact) mass is 327 g/mol. The van der Waals surface area contributed by atoms with E-state index < -0.39 is 10.0 Å². The van der Waals surface area contributed by atoms with Crippen LogP contribution in [-0.4, -0.2) is 48.3 Å². The van der Waals surface area contributed by atoms with Crippen molar-refractivity contribution < 1.29 is 13.2 Å². The first kappa shape index (κ1) is 16.0. The van der Waals surface area contributed by atoms with E-state index in [0.717, 1.165) is 19.3 Å². The fraction of sp³-hybridized carbons (Fsp3) is 0.800. The minimum atomic E-state index is -3.49. The van der Waals surface area contributed by atoms with Crippen LogP contribution in [0.25, 0.3) is 0 Å². The summed E-state index contributed by atoms with van der Waals surface area (Å²) in [5.74, 6) is 0. The molecule has 2 aliphatic carbocycles. The van der Waals surface area contributed by atoms with Crippen LogP contribution in [0.1, 0.15) is 39.0 Å². The number of aryl methyl sites for hydroxylation is 1. The molecule has 1 aromatic rings. The summed E-state index contributed by atoms with van der Waals surface area (Å²) in [5, 5.41) is 3.99. The molecule has 1 heterocycles. The molecular weight excluding hydrogens is 302 g/mol. The minimum Gasteiger partial charge on any atom is -0.378 e. The number of hydrogen-bond acceptors (Lipinski definition) is 4. The Labute approximate surface area is 132 Å². The maximum absolute atomic E-state index is 12.8. The lowest BCUT2D eigenvalue weighted by molar-refractivity contribution is -0.145. The Hall–Kier alpha value is -0.920. The van der Waals surface area contributed by atoms with Crippen molar-refractivity contribution in [2.45, 2.75) is 56.1 Å². The Balaban J connectivity index is 1.84. The van der Waals surface area contributed by atoms with Crippen molar-refractivity contribution in [3.05, 3.63) is 12.4 Å². The van der Waals surface area contributed by atoms with Crippen molar-refractivity contribution in [1.29, 1.82) is 0 Å². The van der Waals surface area contributed by atoms with Gasteiger partial charge in [0.25, 0.3) is 0 Å². The molecule has 124 valence electrons. The second-order valence-electron chi connectivity index (χ2n) is 6.51. The van der Waals surface area contributed by atoms with E-state index in [0.29, 0.717) is 6.61 Å². The van der Waals surface area contributed by atoms with Gasteiger partial charge in [0.05, 0.1) is 12.3 Å². The molecule has 0 aliphatic heterocycles. The molecule has 6 nitrogen and oxygen atoms in total. The van der Waals surface area contributed by atoms with Crippen LogP contribution >= 0.6 is 0 Å². The third-order valence-corrected chi connectivity index (χ3v) is 7.26. The van der Waals surface area contributed by atoms with E-state index in [1.54, 1.807) is 24.6 Å². The summed E-state index contributed by atoms with van der Waals surface area (Å²) in [6.45, 7) is 2.70. The Kier molecular flexibility index (Phi) is 4.07. The van der Waals surface area contributed by atoms with Crippen molar-refractivity contribution >= 4 is 10.0 Å². The normalized spacial score (nSPS) is 27.5. The Morgan fingerprint density at radius 3 is 2.68 bits per heavy atom. The van der Waals surface area contributed by atoms with Crippen molar-refractivity contribution in [2.75, 3.05) is 13.7 Å². The summed E-state index contributed by atoms with van der Waals surface area (Å²) >= 11 is 0. The Morgan fingerprint density at radius 1 is 1.45 bits per heavy atom. The molecule has 0 saturated heterocycles. The van der Waals surface area contributed by atoms with Crippen LogP contribution in [0, 0.1) is 5.41 Å². The van der Waals surface area contributed by atoms with E-state index in [-0.39, 0.29) is 22.5 Å². The van der Waals surface area contributed by atoms with Crippen molar-refractivity contribution in [2.24, 2.45) is 12.5 Å². The molecule has 0 radical (unpaired) electrons. The van der Waals surface area contributed by atoms with Gasteiger partial charge in [-0.1, -0.05) is 12.8 Å². The number of rotatable bonds is 5. The maximum atomic E-state index is 12.8. The van der Waals surface area contributed by atoms with Gasteiger partial charge in [0.1, 0.15) is 4.90 Å². The van der Waals surface area contributed by atoms with Gasteiger partial charge in [0.15, 0.2) is 0 Å².